The zero-order chi connectivity index (χ0) is 12.4. The Hall–Kier alpha value is -0.480. The molecule has 0 saturated carbocycles. The number of hydrogen-bond donors (Lipinski definition) is 1. The number of rotatable bonds is 3. The standard InChI is InChI=1S/C11H9Cl3N2S/c1-6(7-2-3-17-5-7)15-11-9(13)4-8(12)10(14)16-11/h2-6H,1H3,(H,15,16). The third-order valence-corrected chi connectivity index (χ3v) is 3.95. The molecule has 2 heterocycles. The maximum Gasteiger partial charge on any atom is 0.150 e. The Morgan fingerprint density at radius 2 is 2.06 bits per heavy atom. The fourth-order valence-electron chi connectivity index (χ4n) is 1.36. The topological polar surface area (TPSA) is 24.9 Å². The van der Waals surface area contributed by atoms with Crippen molar-refractivity contribution in [2.24, 2.45) is 0 Å². The van der Waals surface area contributed by atoms with Gasteiger partial charge in [-0.25, -0.2) is 4.98 Å². The first-order valence-electron chi connectivity index (χ1n) is 4.88. The lowest BCUT2D eigenvalue weighted by Gasteiger charge is -2.14. The average Bonchev–Trinajstić information content (AvgIpc) is 2.79. The van der Waals surface area contributed by atoms with E-state index in [2.05, 4.69) is 15.7 Å². The third kappa shape index (κ3) is 3.05. The van der Waals surface area contributed by atoms with Crippen molar-refractivity contribution in [2.45, 2.75) is 13.0 Å². The summed E-state index contributed by atoms with van der Waals surface area (Å²) >= 11 is 19.4. The van der Waals surface area contributed by atoms with Crippen LogP contribution in [0.1, 0.15) is 18.5 Å². The van der Waals surface area contributed by atoms with Crippen LogP contribution in [0.2, 0.25) is 15.2 Å². The Labute approximate surface area is 119 Å². The zero-order valence-electron chi connectivity index (χ0n) is 8.88. The van der Waals surface area contributed by atoms with Crippen molar-refractivity contribution in [1.82, 2.24) is 4.98 Å². The molecule has 2 nitrogen and oxygen atoms in total. The molecule has 0 fully saturated rings. The number of nitrogens with one attached hydrogen (secondary N) is 1. The molecule has 2 aromatic heterocycles. The largest absolute Gasteiger partial charge is 0.362 e. The van der Waals surface area contributed by atoms with Crippen LogP contribution in [0.15, 0.2) is 22.9 Å². The predicted molar refractivity (Wildman–Crippen MR) is 75.6 cm³/mol. The first-order valence-corrected chi connectivity index (χ1v) is 6.96. The van der Waals surface area contributed by atoms with Gasteiger partial charge >= 0.3 is 0 Å². The number of pyridine rings is 1. The maximum atomic E-state index is 6.04. The molecule has 0 bridgehead atoms. The molecule has 0 spiro atoms. The van der Waals surface area contributed by atoms with Crippen LogP contribution < -0.4 is 5.32 Å². The molecule has 90 valence electrons. The fraction of sp³-hybridized carbons (Fsp3) is 0.182. The van der Waals surface area contributed by atoms with Crippen LogP contribution in [0, 0.1) is 0 Å². The van der Waals surface area contributed by atoms with Gasteiger partial charge in [0.25, 0.3) is 0 Å². The summed E-state index contributed by atoms with van der Waals surface area (Å²) in [6, 6.07) is 3.75. The quantitative estimate of drug-likeness (QED) is 0.781. The Morgan fingerprint density at radius 3 is 2.71 bits per heavy atom. The van der Waals surface area contributed by atoms with Crippen LogP contribution in [0.25, 0.3) is 0 Å². The van der Waals surface area contributed by atoms with Gasteiger partial charge in [0.15, 0.2) is 0 Å². The molecule has 0 aliphatic heterocycles. The van der Waals surface area contributed by atoms with E-state index in [0.29, 0.717) is 15.9 Å². The number of halogens is 3. The second-order valence-electron chi connectivity index (χ2n) is 3.51. The molecule has 2 rings (SSSR count). The molecular formula is C11H9Cl3N2S. The van der Waals surface area contributed by atoms with Gasteiger partial charge in [0.2, 0.25) is 0 Å². The van der Waals surface area contributed by atoms with E-state index in [4.69, 9.17) is 34.8 Å². The lowest BCUT2D eigenvalue weighted by molar-refractivity contribution is 0.880. The van der Waals surface area contributed by atoms with E-state index in [9.17, 15) is 0 Å². The van der Waals surface area contributed by atoms with Crippen molar-refractivity contribution in [3.05, 3.63) is 43.7 Å². The molecule has 0 saturated heterocycles. The van der Waals surface area contributed by atoms with Gasteiger partial charge in [-0.3, -0.25) is 0 Å². The molecule has 0 radical (unpaired) electrons. The Bertz CT molecular complexity index is 514. The van der Waals surface area contributed by atoms with Gasteiger partial charge in [-0.15, -0.1) is 0 Å². The van der Waals surface area contributed by atoms with E-state index in [0.717, 1.165) is 0 Å². The molecule has 17 heavy (non-hydrogen) atoms. The van der Waals surface area contributed by atoms with Gasteiger partial charge in [0.1, 0.15) is 11.0 Å². The minimum absolute atomic E-state index is 0.114. The lowest BCUT2D eigenvalue weighted by Crippen LogP contribution is -2.07. The minimum atomic E-state index is 0.114. The molecule has 1 N–H and O–H groups in total. The van der Waals surface area contributed by atoms with Crippen molar-refractivity contribution >= 4 is 52.0 Å². The summed E-state index contributed by atoms with van der Waals surface area (Å²) in [7, 11) is 0. The average molecular weight is 308 g/mol. The summed E-state index contributed by atoms with van der Waals surface area (Å²) < 4.78 is 0. The van der Waals surface area contributed by atoms with Gasteiger partial charge in [-0.05, 0) is 35.4 Å². The smallest absolute Gasteiger partial charge is 0.150 e. The Morgan fingerprint density at radius 1 is 1.29 bits per heavy atom. The summed E-state index contributed by atoms with van der Waals surface area (Å²) in [5.74, 6) is 0.541. The maximum absolute atomic E-state index is 6.04. The van der Waals surface area contributed by atoms with Crippen molar-refractivity contribution in [2.75, 3.05) is 5.32 Å². The highest BCUT2D eigenvalue weighted by atomic mass is 35.5. The molecule has 0 aromatic carbocycles. The first-order chi connectivity index (χ1) is 8.08. The summed E-state index contributed by atoms with van der Waals surface area (Å²) in [6.07, 6.45) is 0. The van der Waals surface area contributed by atoms with Crippen LogP contribution in [-0.4, -0.2) is 4.98 Å². The number of aromatic nitrogens is 1. The Balaban J connectivity index is 2.22. The van der Waals surface area contributed by atoms with Crippen LogP contribution in [0.5, 0.6) is 0 Å². The molecule has 0 aliphatic carbocycles. The summed E-state index contributed by atoms with van der Waals surface area (Å²) in [5, 5.41) is 8.36. The normalized spacial score (nSPS) is 12.5. The van der Waals surface area contributed by atoms with E-state index >= 15 is 0 Å². The van der Waals surface area contributed by atoms with Crippen LogP contribution in [-0.2, 0) is 0 Å². The van der Waals surface area contributed by atoms with E-state index in [-0.39, 0.29) is 11.2 Å². The lowest BCUT2D eigenvalue weighted by atomic mass is 10.2. The summed E-state index contributed by atoms with van der Waals surface area (Å²) in [4.78, 5) is 4.12. The van der Waals surface area contributed by atoms with Crippen LogP contribution in [0.3, 0.4) is 0 Å². The molecule has 1 atom stereocenters. The van der Waals surface area contributed by atoms with Crippen LogP contribution in [0.4, 0.5) is 5.82 Å². The zero-order valence-corrected chi connectivity index (χ0v) is 12.0. The highest BCUT2D eigenvalue weighted by molar-refractivity contribution is 7.08. The molecule has 1 unspecified atom stereocenters. The molecule has 0 aliphatic rings. The van der Waals surface area contributed by atoms with Gasteiger partial charge < -0.3 is 5.32 Å². The van der Waals surface area contributed by atoms with E-state index in [1.807, 2.05) is 18.4 Å². The van der Waals surface area contributed by atoms with E-state index in [1.165, 1.54) is 5.56 Å². The fourth-order valence-corrected chi connectivity index (χ4v) is 2.66. The van der Waals surface area contributed by atoms with E-state index in [1.54, 1.807) is 17.4 Å². The minimum Gasteiger partial charge on any atom is -0.362 e. The number of hydrogen-bond acceptors (Lipinski definition) is 3. The van der Waals surface area contributed by atoms with E-state index < -0.39 is 0 Å². The highest BCUT2D eigenvalue weighted by Crippen LogP contribution is 2.31. The number of anilines is 1. The van der Waals surface area contributed by atoms with Crippen molar-refractivity contribution < 1.29 is 0 Å². The summed E-state index contributed by atoms with van der Waals surface area (Å²) in [6.45, 7) is 2.03. The van der Waals surface area contributed by atoms with Gasteiger partial charge in [-0.1, -0.05) is 34.8 Å². The molecule has 6 heteroatoms. The molecule has 2 aromatic rings. The van der Waals surface area contributed by atoms with Gasteiger partial charge in [0, 0.05) is 0 Å². The van der Waals surface area contributed by atoms with Gasteiger partial charge in [0.05, 0.1) is 16.1 Å². The number of nitrogens with zero attached hydrogens (tertiary/aromatic N) is 1. The summed E-state index contributed by atoms with van der Waals surface area (Å²) in [5.41, 5.74) is 1.18. The van der Waals surface area contributed by atoms with Crippen molar-refractivity contribution in [3.8, 4) is 0 Å². The second kappa shape index (κ2) is 5.44. The van der Waals surface area contributed by atoms with Crippen LogP contribution >= 0.6 is 46.1 Å². The number of thiophene rings is 1. The SMILES string of the molecule is CC(Nc1nc(Cl)c(Cl)cc1Cl)c1ccsc1. The molecular weight excluding hydrogens is 299 g/mol. The monoisotopic (exact) mass is 306 g/mol. The van der Waals surface area contributed by atoms with Crippen molar-refractivity contribution in [3.63, 3.8) is 0 Å². The second-order valence-corrected chi connectivity index (χ2v) is 5.47. The molecule has 0 amide bonds. The van der Waals surface area contributed by atoms with Crippen molar-refractivity contribution in [1.29, 1.82) is 0 Å². The third-order valence-electron chi connectivity index (χ3n) is 2.28. The highest BCUT2D eigenvalue weighted by Gasteiger charge is 2.11. The Kier molecular flexibility index (Phi) is 4.15. The first kappa shape index (κ1) is 13.0. The van der Waals surface area contributed by atoms with Gasteiger partial charge in [-0.2, -0.15) is 11.3 Å². The predicted octanol–water partition coefficient (Wildman–Crippen LogP) is 5.28.